The lowest BCUT2D eigenvalue weighted by atomic mass is 10.3. The summed E-state index contributed by atoms with van der Waals surface area (Å²) < 4.78 is 2.14. The Morgan fingerprint density at radius 1 is 1.55 bits per heavy atom. The molecular formula is C8H15IN2. The molecule has 0 amide bonds. The summed E-state index contributed by atoms with van der Waals surface area (Å²) >= 11 is 0. The summed E-state index contributed by atoms with van der Waals surface area (Å²) in [6.07, 6.45) is 6.47. The lowest BCUT2D eigenvalue weighted by Gasteiger charge is -1.96. The average molecular weight is 266 g/mol. The van der Waals surface area contributed by atoms with Crippen molar-refractivity contribution in [1.29, 1.82) is 0 Å². The van der Waals surface area contributed by atoms with Crippen molar-refractivity contribution >= 4 is 24.0 Å². The predicted octanol–water partition coefficient (Wildman–Crippen LogP) is 2.61. The van der Waals surface area contributed by atoms with E-state index in [2.05, 4.69) is 22.7 Å². The molecular weight excluding hydrogens is 251 g/mol. The van der Waals surface area contributed by atoms with Gasteiger partial charge in [-0.25, -0.2) is 4.98 Å². The Bertz CT molecular complexity index is 196. The van der Waals surface area contributed by atoms with Crippen LogP contribution >= 0.6 is 24.0 Å². The molecule has 1 aromatic rings. The fraction of sp³-hybridized carbons (Fsp3) is 0.625. The maximum Gasteiger partial charge on any atom is 0.0949 e. The summed E-state index contributed by atoms with van der Waals surface area (Å²) in [4.78, 5) is 4.13. The maximum atomic E-state index is 4.13. The highest BCUT2D eigenvalue weighted by Crippen LogP contribution is 1.96. The lowest BCUT2D eigenvalue weighted by Crippen LogP contribution is -1.92. The highest BCUT2D eigenvalue weighted by molar-refractivity contribution is 14.0. The number of aromatic nitrogens is 2. The number of nitrogens with zero attached hydrogens (tertiary/aromatic N) is 2. The van der Waals surface area contributed by atoms with Crippen LogP contribution in [0.25, 0.3) is 0 Å². The van der Waals surface area contributed by atoms with Crippen LogP contribution in [0.3, 0.4) is 0 Å². The molecule has 0 unspecified atom stereocenters. The fourth-order valence-corrected chi connectivity index (χ4v) is 0.935. The normalized spacial score (nSPS) is 9.27. The molecule has 0 radical (unpaired) electrons. The topological polar surface area (TPSA) is 17.8 Å². The average Bonchev–Trinajstić information content (AvgIpc) is 2.31. The van der Waals surface area contributed by atoms with Crippen LogP contribution in [0.1, 0.15) is 25.5 Å². The molecule has 0 aliphatic carbocycles. The van der Waals surface area contributed by atoms with Crippen molar-refractivity contribution < 1.29 is 0 Å². The van der Waals surface area contributed by atoms with E-state index in [-0.39, 0.29) is 24.0 Å². The molecule has 0 saturated heterocycles. The molecule has 0 atom stereocenters. The van der Waals surface area contributed by atoms with E-state index in [1.54, 1.807) is 0 Å². The van der Waals surface area contributed by atoms with Gasteiger partial charge in [-0.2, -0.15) is 0 Å². The standard InChI is InChI=1S/C8H14N2.HI/c1-3-4-5-10-6-8(2)9-7-10;/h6-7H,3-5H2,1-2H3;1H. The molecule has 1 heterocycles. The molecule has 3 heteroatoms. The zero-order chi connectivity index (χ0) is 7.40. The van der Waals surface area contributed by atoms with Gasteiger partial charge < -0.3 is 4.57 Å². The lowest BCUT2D eigenvalue weighted by molar-refractivity contribution is 0.631. The summed E-state index contributed by atoms with van der Waals surface area (Å²) in [5.74, 6) is 0. The van der Waals surface area contributed by atoms with E-state index in [0.717, 1.165) is 12.2 Å². The van der Waals surface area contributed by atoms with E-state index in [0.29, 0.717) is 0 Å². The monoisotopic (exact) mass is 266 g/mol. The Morgan fingerprint density at radius 3 is 2.73 bits per heavy atom. The number of halogens is 1. The van der Waals surface area contributed by atoms with Gasteiger partial charge in [0.25, 0.3) is 0 Å². The minimum atomic E-state index is 0. The summed E-state index contributed by atoms with van der Waals surface area (Å²) in [7, 11) is 0. The van der Waals surface area contributed by atoms with E-state index in [4.69, 9.17) is 0 Å². The van der Waals surface area contributed by atoms with E-state index < -0.39 is 0 Å². The van der Waals surface area contributed by atoms with E-state index in [9.17, 15) is 0 Å². The minimum absolute atomic E-state index is 0. The predicted molar refractivity (Wildman–Crippen MR) is 57.3 cm³/mol. The van der Waals surface area contributed by atoms with Crippen molar-refractivity contribution in [3.8, 4) is 0 Å². The molecule has 0 aliphatic rings. The number of unbranched alkanes of at least 4 members (excludes halogenated alkanes) is 1. The zero-order valence-corrected chi connectivity index (χ0v) is 9.41. The zero-order valence-electron chi connectivity index (χ0n) is 7.08. The van der Waals surface area contributed by atoms with Crippen molar-refractivity contribution in [2.75, 3.05) is 0 Å². The molecule has 0 saturated carbocycles. The molecule has 2 nitrogen and oxygen atoms in total. The Balaban J connectivity index is 0.000001000. The quantitative estimate of drug-likeness (QED) is 0.769. The molecule has 1 rings (SSSR count). The summed E-state index contributed by atoms with van der Waals surface area (Å²) in [6, 6.07) is 0. The largest absolute Gasteiger partial charge is 0.337 e. The molecule has 0 aromatic carbocycles. The van der Waals surface area contributed by atoms with Crippen LogP contribution in [0, 0.1) is 6.92 Å². The van der Waals surface area contributed by atoms with Gasteiger partial charge in [-0.05, 0) is 13.3 Å². The van der Waals surface area contributed by atoms with Crippen molar-refractivity contribution in [3.63, 3.8) is 0 Å². The third kappa shape index (κ3) is 3.74. The number of aryl methyl sites for hydroxylation is 2. The van der Waals surface area contributed by atoms with Crippen LogP contribution in [0.5, 0.6) is 0 Å². The first kappa shape index (κ1) is 10.9. The second-order valence-electron chi connectivity index (χ2n) is 2.61. The van der Waals surface area contributed by atoms with E-state index in [1.807, 2.05) is 13.3 Å². The van der Waals surface area contributed by atoms with Crippen LogP contribution in [0.15, 0.2) is 12.5 Å². The molecule has 0 bridgehead atoms. The smallest absolute Gasteiger partial charge is 0.0949 e. The fourth-order valence-electron chi connectivity index (χ4n) is 0.935. The van der Waals surface area contributed by atoms with Gasteiger partial charge in [0.15, 0.2) is 0 Å². The second kappa shape index (κ2) is 5.57. The molecule has 0 aliphatic heterocycles. The first-order valence-electron chi connectivity index (χ1n) is 3.81. The SMILES string of the molecule is CCCCn1cnc(C)c1.I. The third-order valence-corrected chi connectivity index (χ3v) is 1.53. The highest BCUT2D eigenvalue weighted by atomic mass is 127. The highest BCUT2D eigenvalue weighted by Gasteiger charge is 1.90. The van der Waals surface area contributed by atoms with Gasteiger partial charge in [-0.3, -0.25) is 0 Å². The van der Waals surface area contributed by atoms with Gasteiger partial charge in [-0.1, -0.05) is 13.3 Å². The Morgan fingerprint density at radius 2 is 2.27 bits per heavy atom. The minimum Gasteiger partial charge on any atom is -0.337 e. The van der Waals surface area contributed by atoms with Gasteiger partial charge in [0.1, 0.15) is 0 Å². The van der Waals surface area contributed by atoms with Gasteiger partial charge >= 0.3 is 0 Å². The van der Waals surface area contributed by atoms with Crippen LogP contribution in [-0.2, 0) is 6.54 Å². The Kier molecular flexibility index (Phi) is 5.54. The summed E-state index contributed by atoms with van der Waals surface area (Å²) in [6.45, 7) is 5.32. The first-order valence-corrected chi connectivity index (χ1v) is 3.81. The van der Waals surface area contributed by atoms with Gasteiger partial charge in [0, 0.05) is 12.7 Å². The first-order chi connectivity index (χ1) is 4.83. The van der Waals surface area contributed by atoms with Gasteiger partial charge in [0.2, 0.25) is 0 Å². The number of rotatable bonds is 3. The molecule has 64 valence electrons. The van der Waals surface area contributed by atoms with Crippen molar-refractivity contribution in [3.05, 3.63) is 18.2 Å². The second-order valence-corrected chi connectivity index (χ2v) is 2.61. The van der Waals surface area contributed by atoms with E-state index in [1.165, 1.54) is 12.8 Å². The van der Waals surface area contributed by atoms with Crippen LogP contribution in [0.4, 0.5) is 0 Å². The molecule has 0 fully saturated rings. The van der Waals surface area contributed by atoms with Gasteiger partial charge in [0.05, 0.1) is 12.0 Å². The molecule has 11 heavy (non-hydrogen) atoms. The number of hydrogen-bond acceptors (Lipinski definition) is 1. The molecule has 0 spiro atoms. The number of hydrogen-bond donors (Lipinski definition) is 0. The maximum absolute atomic E-state index is 4.13. The van der Waals surface area contributed by atoms with Crippen molar-refractivity contribution in [1.82, 2.24) is 9.55 Å². The molecule has 0 N–H and O–H groups in total. The molecule has 1 aromatic heterocycles. The summed E-state index contributed by atoms with van der Waals surface area (Å²) in [5, 5.41) is 0. The number of imidazole rings is 1. The van der Waals surface area contributed by atoms with Crippen molar-refractivity contribution in [2.24, 2.45) is 0 Å². The van der Waals surface area contributed by atoms with Crippen LogP contribution in [-0.4, -0.2) is 9.55 Å². The van der Waals surface area contributed by atoms with Crippen LogP contribution < -0.4 is 0 Å². The third-order valence-electron chi connectivity index (χ3n) is 1.53. The Labute approximate surface area is 85.0 Å². The van der Waals surface area contributed by atoms with Crippen molar-refractivity contribution in [2.45, 2.75) is 33.2 Å². The Hall–Kier alpha value is -0.0600. The van der Waals surface area contributed by atoms with E-state index >= 15 is 0 Å². The van der Waals surface area contributed by atoms with Crippen LogP contribution in [0.2, 0.25) is 0 Å². The van der Waals surface area contributed by atoms with Gasteiger partial charge in [-0.15, -0.1) is 24.0 Å². The summed E-state index contributed by atoms with van der Waals surface area (Å²) in [5.41, 5.74) is 1.11.